The van der Waals surface area contributed by atoms with Crippen molar-refractivity contribution in [1.82, 2.24) is 10.1 Å². The van der Waals surface area contributed by atoms with E-state index in [0.29, 0.717) is 24.9 Å². The third kappa shape index (κ3) is 3.65. The molecule has 0 aliphatic rings. The van der Waals surface area contributed by atoms with Gasteiger partial charge < -0.3 is 15.0 Å². The zero-order chi connectivity index (χ0) is 14.5. The topological polar surface area (TPSA) is 74.2 Å². The molecule has 1 unspecified atom stereocenters. The van der Waals surface area contributed by atoms with Crippen LogP contribution >= 0.6 is 15.9 Å². The molecule has 0 bridgehead atoms. The molecule has 0 fully saturated rings. The van der Waals surface area contributed by atoms with Crippen LogP contribution in [0.15, 0.2) is 27.2 Å². The quantitative estimate of drug-likeness (QED) is 0.817. The molecule has 108 valence electrons. The average molecular weight is 340 g/mol. The first-order valence-corrected chi connectivity index (χ1v) is 7.34. The fourth-order valence-electron chi connectivity index (χ4n) is 1.79. The minimum absolute atomic E-state index is 0.366. The fraction of sp³-hybridized carbons (Fsp3) is 0.429. The second kappa shape index (κ2) is 6.97. The molecule has 1 atom stereocenters. The molecule has 0 aliphatic carbocycles. The van der Waals surface area contributed by atoms with Gasteiger partial charge in [-0.25, -0.2) is 0 Å². The van der Waals surface area contributed by atoms with E-state index in [2.05, 4.69) is 26.1 Å². The molecule has 0 saturated heterocycles. The second-order valence-corrected chi connectivity index (χ2v) is 5.51. The van der Waals surface area contributed by atoms with Crippen molar-refractivity contribution in [1.29, 1.82) is 0 Å². The first-order chi connectivity index (χ1) is 9.61. The summed E-state index contributed by atoms with van der Waals surface area (Å²) in [6.07, 6.45) is 0.961. The molecule has 0 saturated carbocycles. The van der Waals surface area contributed by atoms with Crippen molar-refractivity contribution >= 4 is 15.9 Å². The molecule has 2 aromatic rings. The maximum Gasteiger partial charge on any atom is 0.258 e. The van der Waals surface area contributed by atoms with Crippen molar-refractivity contribution in [2.45, 2.75) is 26.3 Å². The Morgan fingerprint density at radius 2 is 2.25 bits per heavy atom. The molecule has 2 rings (SSSR count). The van der Waals surface area contributed by atoms with E-state index < -0.39 is 0 Å². The molecule has 0 spiro atoms. The minimum Gasteiger partial charge on any atom is -0.379 e. The van der Waals surface area contributed by atoms with Gasteiger partial charge in [0, 0.05) is 16.6 Å². The lowest BCUT2D eigenvalue weighted by Crippen LogP contribution is -2.18. The molecule has 20 heavy (non-hydrogen) atoms. The molecular formula is C14H18BrN3O2. The van der Waals surface area contributed by atoms with Crippen molar-refractivity contribution in [2.75, 3.05) is 13.2 Å². The second-order valence-electron chi connectivity index (χ2n) is 4.60. The Morgan fingerprint density at radius 1 is 1.45 bits per heavy atom. The van der Waals surface area contributed by atoms with Gasteiger partial charge in [-0.05, 0) is 37.1 Å². The van der Waals surface area contributed by atoms with Crippen molar-refractivity contribution in [3.63, 3.8) is 0 Å². The van der Waals surface area contributed by atoms with Gasteiger partial charge in [-0.15, -0.1) is 0 Å². The molecule has 0 amide bonds. The van der Waals surface area contributed by atoms with Crippen LogP contribution in [0.5, 0.6) is 0 Å². The molecule has 1 heterocycles. The van der Waals surface area contributed by atoms with Crippen LogP contribution < -0.4 is 5.73 Å². The van der Waals surface area contributed by atoms with Gasteiger partial charge in [-0.3, -0.25) is 0 Å². The van der Waals surface area contributed by atoms with Gasteiger partial charge in [0.05, 0.1) is 12.6 Å². The van der Waals surface area contributed by atoms with Crippen LogP contribution in [0.4, 0.5) is 0 Å². The van der Waals surface area contributed by atoms with Gasteiger partial charge in [0.25, 0.3) is 5.89 Å². The van der Waals surface area contributed by atoms with E-state index in [0.717, 1.165) is 22.0 Å². The molecule has 2 N–H and O–H groups in total. The lowest BCUT2D eigenvalue weighted by molar-refractivity contribution is 0.119. The molecular weight excluding hydrogens is 322 g/mol. The van der Waals surface area contributed by atoms with Crippen LogP contribution in [-0.4, -0.2) is 23.4 Å². The highest BCUT2D eigenvalue weighted by molar-refractivity contribution is 9.10. The highest BCUT2D eigenvalue weighted by Crippen LogP contribution is 2.25. The number of ether oxygens (including phenoxy) is 1. The molecule has 5 nitrogen and oxygen atoms in total. The highest BCUT2D eigenvalue weighted by Gasteiger charge is 2.16. The zero-order valence-corrected chi connectivity index (χ0v) is 13.2. The van der Waals surface area contributed by atoms with E-state index in [4.69, 9.17) is 15.0 Å². The lowest BCUT2D eigenvalue weighted by Gasteiger charge is -2.06. The third-order valence-corrected chi connectivity index (χ3v) is 3.33. The molecule has 6 heteroatoms. The van der Waals surface area contributed by atoms with Gasteiger partial charge >= 0.3 is 0 Å². The van der Waals surface area contributed by atoms with E-state index in [-0.39, 0.29) is 6.04 Å². The number of hydrogen-bond acceptors (Lipinski definition) is 5. The summed E-state index contributed by atoms with van der Waals surface area (Å²) in [4.78, 5) is 4.35. The number of rotatable bonds is 6. The van der Waals surface area contributed by atoms with Crippen LogP contribution in [-0.2, 0) is 4.74 Å². The van der Waals surface area contributed by atoms with Gasteiger partial charge in [-0.2, -0.15) is 4.98 Å². The normalized spacial score (nSPS) is 12.6. The standard InChI is InChI=1S/C14H18BrN3O2/c1-3-6-19-8-12(16)13-17-14(20-18-13)11-5-4-10(15)7-9(11)2/h4-5,7,12H,3,6,8,16H2,1-2H3. The Balaban J connectivity index is 2.12. The van der Waals surface area contributed by atoms with Crippen molar-refractivity contribution in [2.24, 2.45) is 5.73 Å². The Bertz CT molecular complexity index is 571. The van der Waals surface area contributed by atoms with Crippen LogP contribution in [0.1, 0.15) is 30.8 Å². The number of hydrogen-bond donors (Lipinski definition) is 1. The monoisotopic (exact) mass is 339 g/mol. The average Bonchev–Trinajstić information content (AvgIpc) is 2.88. The van der Waals surface area contributed by atoms with Crippen LogP contribution in [0.2, 0.25) is 0 Å². The number of halogens is 1. The number of nitrogens with zero attached hydrogens (tertiary/aromatic N) is 2. The van der Waals surface area contributed by atoms with E-state index in [1.165, 1.54) is 0 Å². The number of aryl methyl sites for hydroxylation is 1. The maximum atomic E-state index is 5.97. The predicted molar refractivity (Wildman–Crippen MR) is 80.2 cm³/mol. The van der Waals surface area contributed by atoms with Crippen molar-refractivity contribution in [3.8, 4) is 11.5 Å². The Hall–Kier alpha value is -1.24. The van der Waals surface area contributed by atoms with Gasteiger partial charge in [0.2, 0.25) is 0 Å². The first kappa shape index (κ1) is 15.2. The van der Waals surface area contributed by atoms with Crippen molar-refractivity contribution in [3.05, 3.63) is 34.1 Å². The number of nitrogens with two attached hydrogens (primary N) is 1. The van der Waals surface area contributed by atoms with Crippen LogP contribution in [0, 0.1) is 6.92 Å². The van der Waals surface area contributed by atoms with E-state index >= 15 is 0 Å². The predicted octanol–water partition coefficient (Wildman–Crippen LogP) is 3.23. The van der Waals surface area contributed by atoms with Gasteiger partial charge in [0.15, 0.2) is 5.82 Å². The summed E-state index contributed by atoms with van der Waals surface area (Å²) in [5, 5.41) is 3.93. The Labute approximate surface area is 126 Å². The summed E-state index contributed by atoms with van der Waals surface area (Å²) in [5.41, 5.74) is 7.94. The molecule has 1 aromatic carbocycles. The van der Waals surface area contributed by atoms with Crippen LogP contribution in [0.25, 0.3) is 11.5 Å². The lowest BCUT2D eigenvalue weighted by atomic mass is 10.1. The van der Waals surface area contributed by atoms with Gasteiger partial charge in [0.1, 0.15) is 0 Å². The van der Waals surface area contributed by atoms with E-state index in [9.17, 15) is 0 Å². The summed E-state index contributed by atoms with van der Waals surface area (Å²) < 4.78 is 11.7. The zero-order valence-electron chi connectivity index (χ0n) is 11.6. The smallest absolute Gasteiger partial charge is 0.258 e. The summed E-state index contributed by atoms with van der Waals surface area (Å²) in [6.45, 7) is 5.12. The maximum absolute atomic E-state index is 5.97. The molecule has 1 aromatic heterocycles. The Kier molecular flexibility index (Phi) is 5.28. The number of benzene rings is 1. The first-order valence-electron chi connectivity index (χ1n) is 6.55. The molecule has 0 aliphatic heterocycles. The van der Waals surface area contributed by atoms with Crippen molar-refractivity contribution < 1.29 is 9.26 Å². The van der Waals surface area contributed by atoms with Gasteiger partial charge in [-0.1, -0.05) is 28.0 Å². The summed E-state index contributed by atoms with van der Waals surface area (Å²) in [7, 11) is 0. The fourth-order valence-corrected chi connectivity index (χ4v) is 2.27. The van der Waals surface area contributed by atoms with E-state index in [1.807, 2.05) is 32.0 Å². The largest absolute Gasteiger partial charge is 0.379 e. The third-order valence-electron chi connectivity index (χ3n) is 2.84. The Morgan fingerprint density at radius 3 is 2.95 bits per heavy atom. The van der Waals surface area contributed by atoms with E-state index in [1.54, 1.807) is 0 Å². The minimum atomic E-state index is -0.366. The highest BCUT2D eigenvalue weighted by atomic mass is 79.9. The summed E-state index contributed by atoms with van der Waals surface area (Å²) in [6, 6.07) is 5.52. The molecule has 0 radical (unpaired) electrons. The van der Waals surface area contributed by atoms with Crippen LogP contribution in [0.3, 0.4) is 0 Å². The number of aromatic nitrogens is 2. The SMILES string of the molecule is CCCOCC(N)c1noc(-c2ccc(Br)cc2C)n1. The summed E-state index contributed by atoms with van der Waals surface area (Å²) in [5.74, 6) is 0.953. The summed E-state index contributed by atoms with van der Waals surface area (Å²) >= 11 is 3.43.